The van der Waals surface area contributed by atoms with E-state index in [0.29, 0.717) is 31.7 Å². The molecule has 0 radical (unpaired) electrons. The molecule has 0 saturated carbocycles. The zero-order chi connectivity index (χ0) is 17.1. The van der Waals surface area contributed by atoms with E-state index < -0.39 is 23.2 Å². The van der Waals surface area contributed by atoms with Gasteiger partial charge in [0.05, 0.1) is 5.56 Å². The van der Waals surface area contributed by atoms with Crippen molar-refractivity contribution in [3.8, 4) is 5.75 Å². The molecule has 23 heavy (non-hydrogen) atoms. The highest BCUT2D eigenvalue weighted by molar-refractivity contribution is 5.83. The third kappa shape index (κ3) is 4.59. The summed E-state index contributed by atoms with van der Waals surface area (Å²) in [5.74, 6) is -0.411. The molecular weight excluding hydrogens is 313 g/mol. The Morgan fingerprint density at radius 2 is 2.00 bits per heavy atom. The van der Waals surface area contributed by atoms with Crippen LogP contribution in [0.5, 0.6) is 5.75 Å². The van der Waals surface area contributed by atoms with Crippen LogP contribution in [-0.2, 0) is 11.0 Å². The molecule has 5 nitrogen and oxygen atoms in total. The fourth-order valence-corrected chi connectivity index (χ4v) is 2.55. The maximum atomic E-state index is 12.4. The summed E-state index contributed by atoms with van der Waals surface area (Å²) in [6.07, 6.45) is -3.40. The van der Waals surface area contributed by atoms with Crippen LogP contribution in [0.25, 0.3) is 0 Å². The minimum absolute atomic E-state index is 0.138. The number of alkyl halides is 3. The van der Waals surface area contributed by atoms with Gasteiger partial charge in [-0.2, -0.15) is 13.2 Å². The van der Waals surface area contributed by atoms with Crippen molar-refractivity contribution in [3.63, 3.8) is 0 Å². The number of carbonyl (C=O) groups excluding carboxylic acids is 1. The molecule has 0 aromatic heterocycles. The smallest absolute Gasteiger partial charge is 0.416 e. The second kappa shape index (κ2) is 6.76. The van der Waals surface area contributed by atoms with E-state index in [9.17, 15) is 23.1 Å². The Labute approximate surface area is 131 Å². The Morgan fingerprint density at radius 1 is 1.35 bits per heavy atom. The van der Waals surface area contributed by atoms with Gasteiger partial charge < -0.3 is 15.6 Å². The van der Waals surface area contributed by atoms with Gasteiger partial charge in [0.15, 0.2) is 5.60 Å². The quantitative estimate of drug-likeness (QED) is 0.855. The van der Waals surface area contributed by atoms with Gasteiger partial charge in [0.1, 0.15) is 12.4 Å². The van der Waals surface area contributed by atoms with Crippen LogP contribution in [0.4, 0.5) is 13.2 Å². The number of aliphatic hydroxyl groups is 1. The third-order valence-corrected chi connectivity index (χ3v) is 3.87. The van der Waals surface area contributed by atoms with Crippen LogP contribution >= 0.6 is 0 Å². The molecule has 1 fully saturated rings. The van der Waals surface area contributed by atoms with Gasteiger partial charge in [-0.05, 0) is 43.7 Å². The van der Waals surface area contributed by atoms with Crippen LogP contribution in [0.3, 0.4) is 0 Å². The Balaban J connectivity index is 1.82. The van der Waals surface area contributed by atoms with E-state index in [1.165, 1.54) is 12.1 Å². The van der Waals surface area contributed by atoms with Gasteiger partial charge in [-0.15, -0.1) is 0 Å². The highest BCUT2D eigenvalue weighted by Crippen LogP contribution is 2.30. The van der Waals surface area contributed by atoms with Crippen LogP contribution in [0.15, 0.2) is 24.3 Å². The van der Waals surface area contributed by atoms with E-state index in [-0.39, 0.29) is 13.2 Å². The van der Waals surface area contributed by atoms with Crippen LogP contribution in [0, 0.1) is 0 Å². The summed E-state index contributed by atoms with van der Waals surface area (Å²) in [6.45, 7) is 1.52. The zero-order valence-electron chi connectivity index (χ0n) is 12.5. The normalized spacial score (nSPS) is 22.8. The minimum Gasteiger partial charge on any atom is -0.492 e. The SMILES string of the molecule is NC(=O)[C@@]1(O)CCCN(CCOc2ccc(C(F)(F)F)cc2)C1. The number of nitrogens with zero attached hydrogens (tertiary/aromatic N) is 1. The summed E-state index contributed by atoms with van der Waals surface area (Å²) in [4.78, 5) is 13.1. The van der Waals surface area contributed by atoms with Crippen molar-refractivity contribution >= 4 is 5.91 Å². The molecule has 0 unspecified atom stereocenters. The number of ether oxygens (including phenoxy) is 1. The molecule has 1 saturated heterocycles. The van der Waals surface area contributed by atoms with Gasteiger partial charge in [0.2, 0.25) is 0 Å². The van der Waals surface area contributed by atoms with Crippen molar-refractivity contribution in [2.45, 2.75) is 24.6 Å². The average Bonchev–Trinajstić information content (AvgIpc) is 2.47. The lowest BCUT2D eigenvalue weighted by Crippen LogP contribution is -2.56. The summed E-state index contributed by atoms with van der Waals surface area (Å²) in [5.41, 5.74) is 2.94. The van der Waals surface area contributed by atoms with Crippen LogP contribution < -0.4 is 10.5 Å². The highest BCUT2D eigenvalue weighted by Gasteiger charge is 2.38. The fraction of sp³-hybridized carbons (Fsp3) is 0.533. The minimum atomic E-state index is -4.37. The molecule has 0 aliphatic carbocycles. The topological polar surface area (TPSA) is 75.8 Å². The first-order valence-corrected chi connectivity index (χ1v) is 7.25. The molecule has 1 aliphatic rings. The second-order valence-electron chi connectivity index (χ2n) is 5.65. The lowest BCUT2D eigenvalue weighted by Gasteiger charge is -2.36. The number of nitrogens with two attached hydrogens (primary N) is 1. The summed E-state index contributed by atoms with van der Waals surface area (Å²) in [5, 5.41) is 10.1. The molecule has 1 aromatic carbocycles. The zero-order valence-corrected chi connectivity index (χ0v) is 12.5. The first-order chi connectivity index (χ1) is 10.7. The molecule has 1 heterocycles. The third-order valence-electron chi connectivity index (χ3n) is 3.87. The number of rotatable bonds is 5. The van der Waals surface area contributed by atoms with Crippen molar-refractivity contribution in [1.29, 1.82) is 0 Å². The largest absolute Gasteiger partial charge is 0.492 e. The number of hydrogen-bond donors (Lipinski definition) is 2. The van der Waals surface area contributed by atoms with Crippen molar-refractivity contribution in [2.75, 3.05) is 26.2 Å². The number of primary amides is 1. The van der Waals surface area contributed by atoms with E-state index in [2.05, 4.69) is 0 Å². The monoisotopic (exact) mass is 332 g/mol. The Hall–Kier alpha value is -1.80. The van der Waals surface area contributed by atoms with Gasteiger partial charge in [0, 0.05) is 13.1 Å². The number of piperidine rings is 1. The maximum absolute atomic E-state index is 12.4. The maximum Gasteiger partial charge on any atom is 0.416 e. The highest BCUT2D eigenvalue weighted by atomic mass is 19.4. The number of benzene rings is 1. The molecule has 0 spiro atoms. The summed E-state index contributed by atoms with van der Waals surface area (Å²) < 4.78 is 42.7. The lowest BCUT2D eigenvalue weighted by molar-refractivity contribution is -0.142. The molecule has 2 rings (SSSR count). The number of likely N-dealkylation sites (tertiary alicyclic amines) is 1. The molecule has 1 amide bonds. The van der Waals surface area contributed by atoms with Gasteiger partial charge in [-0.25, -0.2) is 0 Å². The summed E-state index contributed by atoms with van der Waals surface area (Å²) in [7, 11) is 0. The molecule has 1 aromatic rings. The standard InChI is InChI=1S/C15H19F3N2O3/c16-15(17,18)11-2-4-12(5-3-11)23-9-8-20-7-1-6-14(22,10-20)13(19)21/h2-5,22H,1,6-10H2,(H2,19,21)/t14-/m1/s1. The van der Waals surface area contributed by atoms with E-state index >= 15 is 0 Å². The predicted octanol–water partition coefficient (Wildman–Crippen LogP) is 1.40. The fourth-order valence-electron chi connectivity index (χ4n) is 2.55. The van der Waals surface area contributed by atoms with Gasteiger partial charge in [0.25, 0.3) is 5.91 Å². The van der Waals surface area contributed by atoms with Gasteiger partial charge in [-0.1, -0.05) is 0 Å². The summed E-state index contributed by atoms with van der Waals surface area (Å²) >= 11 is 0. The first kappa shape index (κ1) is 17.6. The van der Waals surface area contributed by atoms with Gasteiger partial charge in [-0.3, -0.25) is 9.69 Å². The van der Waals surface area contributed by atoms with Gasteiger partial charge >= 0.3 is 6.18 Å². The van der Waals surface area contributed by atoms with E-state index in [1.54, 1.807) is 0 Å². The molecular formula is C15H19F3N2O3. The molecule has 3 N–H and O–H groups in total. The lowest BCUT2D eigenvalue weighted by atomic mass is 9.92. The molecule has 8 heteroatoms. The Bertz CT molecular complexity index is 548. The molecule has 128 valence electrons. The van der Waals surface area contributed by atoms with Crippen molar-refractivity contribution < 1.29 is 27.8 Å². The molecule has 1 aliphatic heterocycles. The number of hydrogen-bond acceptors (Lipinski definition) is 4. The van der Waals surface area contributed by atoms with E-state index in [4.69, 9.17) is 10.5 Å². The van der Waals surface area contributed by atoms with Crippen molar-refractivity contribution in [3.05, 3.63) is 29.8 Å². The molecule has 1 atom stereocenters. The predicted molar refractivity (Wildman–Crippen MR) is 76.8 cm³/mol. The first-order valence-electron chi connectivity index (χ1n) is 7.25. The van der Waals surface area contributed by atoms with E-state index in [0.717, 1.165) is 12.1 Å². The van der Waals surface area contributed by atoms with E-state index in [1.807, 2.05) is 4.90 Å². The second-order valence-corrected chi connectivity index (χ2v) is 5.65. The van der Waals surface area contributed by atoms with Crippen molar-refractivity contribution in [1.82, 2.24) is 4.90 Å². The van der Waals surface area contributed by atoms with Crippen molar-refractivity contribution in [2.24, 2.45) is 5.73 Å². The Kier molecular flexibility index (Phi) is 5.16. The summed E-state index contributed by atoms with van der Waals surface area (Å²) in [6, 6.07) is 4.45. The number of amides is 1. The van der Waals surface area contributed by atoms with Crippen LogP contribution in [0.1, 0.15) is 18.4 Å². The average molecular weight is 332 g/mol. The number of carbonyl (C=O) groups is 1. The Morgan fingerprint density at radius 3 is 2.57 bits per heavy atom. The molecule has 0 bridgehead atoms. The van der Waals surface area contributed by atoms with Crippen LogP contribution in [-0.4, -0.2) is 47.8 Å². The number of β-amino-alcohol motifs (C(OH)–C–C–N with tert-alkyl or cyclic N) is 1. The number of halogens is 3. The van der Waals surface area contributed by atoms with Crippen LogP contribution in [0.2, 0.25) is 0 Å².